The number of ether oxygens (including phenoxy) is 2. The fourth-order valence-corrected chi connectivity index (χ4v) is 4.36. The van der Waals surface area contributed by atoms with Gasteiger partial charge in [-0.3, -0.25) is 9.69 Å². The second-order valence-corrected chi connectivity index (χ2v) is 8.08. The maximum absolute atomic E-state index is 13.4. The molecule has 0 radical (unpaired) electrons. The number of aromatic nitrogens is 1. The number of nitrogens with one attached hydrogen (secondary N) is 2. The zero-order valence-corrected chi connectivity index (χ0v) is 17.4. The molecule has 0 bridgehead atoms. The van der Waals surface area contributed by atoms with Gasteiger partial charge in [-0.2, -0.15) is 0 Å². The summed E-state index contributed by atoms with van der Waals surface area (Å²) in [6.07, 6.45) is 2.28. The predicted molar refractivity (Wildman–Crippen MR) is 117 cm³/mol. The normalized spacial score (nSPS) is 15.5. The Balaban J connectivity index is 1.54. The molecule has 2 aliphatic heterocycles. The molecule has 5 rings (SSSR count). The van der Waals surface area contributed by atoms with Gasteiger partial charge in [-0.05, 0) is 62.1 Å². The lowest BCUT2D eigenvalue weighted by molar-refractivity contribution is -0.330. The number of benzene rings is 2. The first kappa shape index (κ1) is 18.7. The van der Waals surface area contributed by atoms with Crippen molar-refractivity contribution in [2.24, 2.45) is 0 Å². The summed E-state index contributed by atoms with van der Waals surface area (Å²) in [6.45, 7) is 7.15. The number of fused-ring (bicyclic) bond motifs is 2. The van der Waals surface area contributed by atoms with Crippen molar-refractivity contribution >= 4 is 28.3 Å². The smallest absolute Gasteiger partial charge is 0.287 e. The molecule has 1 saturated heterocycles. The van der Waals surface area contributed by atoms with E-state index in [1.165, 1.54) is 5.56 Å². The van der Waals surface area contributed by atoms with Gasteiger partial charge in [-0.15, -0.1) is 0 Å². The molecule has 0 unspecified atom stereocenters. The molecule has 1 aromatic heterocycles. The van der Waals surface area contributed by atoms with Crippen molar-refractivity contribution in [3.05, 3.63) is 53.1 Å². The minimum absolute atomic E-state index is 0.133. The first-order chi connectivity index (χ1) is 14.6. The molecule has 0 spiro atoms. The molecule has 0 aliphatic carbocycles. The Morgan fingerprint density at radius 2 is 1.77 bits per heavy atom. The molecule has 2 aromatic carbocycles. The number of aromatic amines is 1. The van der Waals surface area contributed by atoms with Crippen molar-refractivity contribution in [1.29, 1.82) is 0 Å². The van der Waals surface area contributed by atoms with E-state index < -0.39 is 0 Å². The molecular weight excluding hydrogens is 378 g/mol. The highest BCUT2D eigenvalue weighted by atomic mass is 16.6. The van der Waals surface area contributed by atoms with Crippen LogP contribution in [0.5, 0.6) is 11.5 Å². The number of rotatable bonds is 3. The quantitative estimate of drug-likeness (QED) is 0.719. The maximum Gasteiger partial charge on any atom is 0.287 e. The zero-order chi connectivity index (χ0) is 20.7. The molecule has 2 N–H and O–H groups in total. The Kier molecular flexibility index (Phi) is 4.69. The third-order valence-corrected chi connectivity index (χ3v) is 5.80. The van der Waals surface area contributed by atoms with E-state index in [2.05, 4.69) is 41.2 Å². The molecule has 0 saturated carbocycles. The Bertz CT molecular complexity index is 1140. The van der Waals surface area contributed by atoms with E-state index >= 15 is 0 Å². The minimum Gasteiger partial charge on any atom is -0.486 e. The van der Waals surface area contributed by atoms with Gasteiger partial charge in [0.05, 0.1) is 13.1 Å². The van der Waals surface area contributed by atoms with E-state index in [4.69, 9.17) is 9.47 Å². The molecule has 1 fully saturated rings. The lowest BCUT2D eigenvalue weighted by atomic mass is 10.0. The Morgan fingerprint density at radius 3 is 2.57 bits per heavy atom. The Hall–Kier alpha value is -3.28. The second kappa shape index (κ2) is 7.52. The number of amides is 1. The highest BCUT2D eigenvalue weighted by Crippen LogP contribution is 2.33. The Morgan fingerprint density at radius 1 is 1.00 bits per heavy atom. The average Bonchev–Trinajstić information content (AvgIpc) is 3.27. The van der Waals surface area contributed by atoms with Crippen LogP contribution >= 0.6 is 0 Å². The lowest BCUT2D eigenvalue weighted by Gasteiger charge is -2.19. The van der Waals surface area contributed by atoms with E-state index in [0.29, 0.717) is 36.0 Å². The van der Waals surface area contributed by atoms with Gasteiger partial charge in [0, 0.05) is 17.1 Å². The molecule has 30 heavy (non-hydrogen) atoms. The van der Waals surface area contributed by atoms with Gasteiger partial charge >= 0.3 is 0 Å². The number of carbonyl (C=O) groups excluding carboxylic acids is 1. The lowest BCUT2D eigenvalue weighted by Crippen LogP contribution is -2.30. The summed E-state index contributed by atoms with van der Waals surface area (Å²) in [5.74, 6) is 2.13. The summed E-state index contributed by atoms with van der Waals surface area (Å²) in [5, 5.41) is 4.11. The molecule has 1 amide bonds. The molecular formula is C24H26N3O3+. The Labute approximate surface area is 175 Å². The molecule has 154 valence electrons. The zero-order valence-electron chi connectivity index (χ0n) is 17.4. The number of aryl methyl sites for hydroxylation is 2. The fourth-order valence-electron chi connectivity index (χ4n) is 4.36. The van der Waals surface area contributed by atoms with Gasteiger partial charge in [0.1, 0.15) is 24.3 Å². The minimum atomic E-state index is -0.133. The molecule has 2 aliphatic rings. The molecule has 6 nitrogen and oxygen atoms in total. The number of nitrogens with zero attached hydrogens (tertiary/aromatic N) is 1. The predicted octanol–water partition coefficient (Wildman–Crippen LogP) is 3.89. The summed E-state index contributed by atoms with van der Waals surface area (Å²) >= 11 is 0. The largest absolute Gasteiger partial charge is 0.486 e. The maximum atomic E-state index is 13.4. The molecule has 3 aromatic rings. The molecule has 6 heteroatoms. The van der Waals surface area contributed by atoms with Crippen LogP contribution in [-0.4, -0.2) is 32.2 Å². The first-order valence-corrected chi connectivity index (χ1v) is 10.5. The summed E-state index contributed by atoms with van der Waals surface area (Å²) in [5.41, 5.74) is 4.77. The monoisotopic (exact) mass is 404 g/mol. The SMILES string of the molecule is Cc1cc(C)c2cc(C(=O)Nc3ccc4c(c3)OCCO4)c(N3CCCC3)[nH+]c2c1. The molecule has 3 heterocycles. The number of H-pyrrole nitrogens is 1. The summed E-state index contributed by atoms with van der Waals surface area (Å²) in [6, 6.07) is 11.8. The number of anilines is 2. The summed E-state index contributed by atoms with van der Waals surface area (Å²) < 4.78 is 11.2. The van der Waals surface area contributed by atoms with Crippen molar-refractivity contribution in [1.82, 2.24) is 0 Å². The van der Waals surface area contributed by atoms with Crippen molar-refractivity contribution in [3.8, 4) is 11.5 Å². The van der Waals surface area contributed by atoms with Crippen LogP contribution in [0.4, 0.5) is 11.5 Å². The van der Waals surface area contributed by atoms with Crippen molar-refractivity contribution in [2.45, 2.75) is 26.7 Å². The van der Waals surface area contributed by atoms with Gasteiger partial charge in [-0.25, -0.2) is 4.98 Å². The first-order valence-electron chi connectivity index (χ1n) is 10.5. The van der Waals surface area contributed by atoms with Crippen molar-refractivity contribution in [3.63, 3.8) is 0 Å². The van der Waals surface area contributed by atoms with E-state index in [1.807, 2.05) is 24.3 Å². The van der Waals surface area contributed by atoms with Crippen LogP contribution in [0.25, 0.3) is 10.9 Å². The van der Waals surface area contributed by atoms with Crippen molar-refractivity contribution in [2.75, 3.05) is 36.5 Å². The van der Waals surface area contributed by atoms with E-state index in [0.717, 1.165) is 48.2 Å². The summed E-state index contributed by atoms with van der Waals surface area (Å²) in [7, 11) is 0. The van der Waals surface area contributed by atoms with E-state index in [-0.39, 0.29) is 5.91 Å². The van der Waals surface area contributed by atoms with Gasteiger partial charge < -0.3 is 14.8 Å². The standard InChI is InChI=1S/C24H25N3O3/c1-15-11-16(2)18-14-19(23(26-20(18)12-15)27-7-3-4-8-27)24(28)25-17-5-6-21-22(13-17)30-10-9-29-21/h5-6,11-14H,3-4,7-10H2,1-2H3,(H,25,28)/p+1. The molecule has 0 atom stereocenters. The van der Waals surface area contributed by atoms with Crippen molar-refractivity contribution < 1.29 is 19.3 Å². The fraction of sp³-hybridized carbons (Fsp3) is 0.333. The van der Waals surface area contributed by atoms with Crippen LogP contribution in [-0.2, 0) is 0 Å². The third kappa shape index (κ3) is 3.43. The van der Waals surface area contributed by atoms with Crippen LogP contribution in [0.2, 0.25) is 0 Å². The highest BCUT2D eigenvalue weighted by Gasteiger charge is 2.29. The number of pyridine rings is 1. The van der Waals surface area contributed by atoms with Crippen LogP contribution in [0.3, 0.4) is 0 Å². The van der Waals surface area contributed by atoms with Gasteiger partial charge in [0.2, 0.25) is 0 Å². The van der Waals surface area contributed by atoms with Gasteiger partial charge in [-0.1, -0.05) is 6.07 Å². The summed E-state index contributed by atoms with van der Waals surface area (Å²) in [4.78, 5) is 19.2. The number of carbonyl (C=O) groups is 1. The third-order valence-electron chi connectivity index (χ3n) is 5.80. The van der Waals surface area contributed by atoms with Gasteiger partial charge in [0.15, 0.2) is 11.5 Å². The second-order valence-electron chi connectivity index (χ2n) is 8.08. The van der Waals surface area contributed by atoms with E-state index in [9.17, 15) is 4.79 Å². The topological polar surface area (TPSA) is 64.9 Å². The highest BCUT2D eigenvalue weighted by molar-refractivity contribution is 6.09. The van der Waals surface area contributed by atoms with E-state index in [1.54, 1.807) is 0 Å². The van der Waals surface area contributed by atoms with Crippen LogP contribution in [0.15, 0.2) is 36.4 Å². The van der Waals surface area contributed by atoms with Crippen LogP contribution in [0.1, 0.15) is 34.3 Å². The average molecular weight is 404 g/mol. The number of hydrogen-bond acceptors (Lipinski definition) is 4. The van der Waals surface area contributed by atoms with Crippen LogP contribution < -0.4 is 24.7 Å². The van der Waals surface area contributed by atoms with Gasteiger partial charge in [0.25, 0.3) is 11.7 Å². The number of hydrogen-bond donors (Lipinski definition) is 1. The van der Waals surface area contributed by atoms with Crippen LogP contribution in [0, 0.1) is 13.8 Å².